The van der Waals surface area contributed by atoms with Crippen LogP contribution in [0.4, 0.5) is 5.00 Å². The average molecular weight is 407 g/mol. The van der Waals surface area contributed by atoms with Gasteiger partial charge in [-0.1, -0.05) is 19.8 Å². The lowest BCUT2D eigenvalue weighted by Gasteiger charge is -2.23. The van der Waals surface area contributed by atoms with Gasteiger partial charge in [0.1, 0.15) is 5.00 Å². The minimum absolute atomic E-state index is 0.369. The van der Waals surface area contributed by atoms with E-state index in [1.807, 2.05) is 0 Å². The second-order valence-electron chi connectivity index (χ2n) is 8.14. The first-order chi connectivity index (χ1) is 13.4. The summed E-state index contributed by atoms with van der Waals surface area (Å²) >= 11 is 1.42. The van der Waals surface area contributed by atoms with E-state index in [2.05, 4.69) is 12.2 Å². The van der Waals surface area contributed by atoms with E-state index >= 15 is 0 Å². The Balaban J connectivity index is 1.59. The van der Waals surface area contributed by atoms with Gasteiger partial charge in [0.2, 0.25) is 5.91 Å². The molecule has 0 radical (unpaired) electrons. The Kier molecular flexibility index (Phi) is 5.18. The highest BCUT2D eigenvalue weighted by molar-refractivity contribution is 7.17. The predicted molar refractivity (Wildman–Crippen MR) is 104 cm³/mol. The molecular formula is C20H26N2O5S. The highest BCUT2D eigenvalue weighted by Gasteiger charge is 2.55. The molecule has 152 valence electrons. The molecule has 4 rings (SSSR count). The van der Waals surface area contributed by atoms with Crippen molar-refractivity contribution < 1.29 is 24.2 Å². The number of carbonyl (C=O) groups is 3. The van der Waals surface area contributed by atoms with Crippen LogP contribution in [-0.2, 0) is 27.2 Å². The van der Waals surface area contributed by atoms with E-state index in [0.717, 1.165) is 42.5 Å². The van der Waals surface area contributed by atoms with Crippen LogP contribution in [0.2, 0.25) is 0 Å². The van der Waals surface area contributed by atoms with Gasteiger partial charge >= 0.3 is 5.97 Å². The molecule has 7 nitrogen and oxygen atoms in total. The molecule has 3 aliphatic rings. The number of hydrogen-bond acceptors (Lipinski definition) is 5. The van der Waals surface area contributed by atoms with Gasteiger partial charge in [-0.15, -0.1) is 11.3 Å². The van der Waals surface area contributed by atoms with Crippen molar-refractivity contribution in [3.8, 4) is 0 Å². The number of carbonyl (C=O) groups excluding carboxylic acids is 2. The molecule has 2 amide bonds. The molecule has 8 heteroatoms. The monoisotopic (exact) mass is 406 g/mol. The third-order valence-corrected chi connectivity index (χ3v) is 7.58. The fraction of sp³-hybridized carbons (Fsp3) is 0.650. The maximum absolute atomic E-state index is 13.0. The van der Waals surface area contributed by atoms with Gasteiger partial charge in [0, 0.05) is 4.88 Å². The predicted octanol–water partition coefficient (Wildman–Crippen LogP) is 2.57. The molecule has 2 aliphatic heterocycles. The van der Waals surface area contributed by atoms with E-state index in [9.17, 15) is 19.5 Å². The van der Waals surface area contributed by atoms with Crippen molar-refractivity contribution in [3.63, 3.8) is 0 Å². The van der Waals surface area contributed by atoms with Crippen LogP contribution < -0.4 is 11.1 Å². The molecule has 2 fully saturated rings. The van der Waals surface area contributed by atoms with Crippen molar-refractivity contribution in [1.29, 1.82) is 0 Å². The van der Waals surface area contributed by atoms with Crippen molar-refractivity contribution in [3.05, 3.63) is 16.0 Å². The maximum Gasteiger partial charge on any atom is 0.310 e. The summed E-state index contributed by atoms with van der Waals surface area (Å²) in [7, 11) is 0. The molecule has 0 unspecified atom stereocenters. The summed E-state index contributed by atoms with van der Waals surface area (Å²) in [4.78, 5) is 37.9. The lowest BCUT2D eigenvalue weighted by molar-refractivity contribution is -0.147. The Labute approximate surface area is 167 Å². The number of nitrogens with one attached hydrogen (secondary N) is 1. The molecule has 0 saturated carbocycles. The summed E-state index contributed by atoms with van der Waals surface area (Å²) in [6, 6.07) is 0. The number of carboxylic acids is 1. The number of fused-ring (bicyclic) bond motifs is 3. The van der Waals surface area contributed by atoms with E-state index in [1.54, 1.807) is 0 Å². The summed E-state index contributed by atoms with van der Waals surface area (Å²) in [5.74, 6) is -2.90. The highest BCUT2D eigenvalue weighted by Crippen LogP contribution is 2.45. The van der Waals surface area contributed by atoms with Crippen LogP contribution in [0.25, 0.3) is 0 Å². The Morgan fingerprint density at radius 3 is 2.57 bits per heavy atom. The fourth-order valence-corrected chi connectivity index (χ4v) is 6.55. The zero-order valence-electron chi connectivity index (χ0n) is 15.9. The molecular weight excluding hydrogens is 380 g/mol. The number of ether oxygens (including phenoxy) is 1. The van der Waals surface area contributed by atoms with Gasteiger partial charge in [0.05, 0.1) is 29.6 Å². The van der Waals surface area contributed by atoms with Gasteiger partial charge in [0.25, 0.3) is 5.91 Å². The minimum Gasteiger partial charge on any atom is -0.481 e. The number of thiophene rings is 1. The Morgan fingerprint density at radius 1 is 1.21 bits per heavy atom. The van der Waals surface area contributed by atoms with Gasteiger partial charge in [0.15, 0.2) is 0 Å². The van der Waals surface area contributed by atoms with Crippen molar-refractivity contribution in [2.45, 2.75) is 64.1 Å². The van der Waals surface area contributed by atoms with E-state index in [1.165, 1.54) is 11.3 Å². The second kappa shape index (κ2) is 7.48. The van der Waals surface area contributed by atoms with Crippen LogP contribution in [0.3, 0.4) is 0 Å². The van der Waals surface area contributed by atoms with Crippen molar-refractivity contribution in [2.75, 3.05) is 5.32 Å². The lowest BCUT2D eigenvalue weighted by Crippen LogP contribution is -2.41. The first-order valence-electron chi connectivity index (χ1n) is 10.0. The molecule has 28 heavy (non-hydrogen) atoms. The van der Waals surface area contributed by atoms with Crippen molar-refractivity contribution >= 4 is 34.1 Å². The Bertz CT molecular complexity index is 820. The third kappa shape index (κ3) is 3.22. The van der Waals surface area contributed by atoms with Crippen molar-refractivity contribution in [2.24, 2.45) is 23.5 Å². The second-order valence-corrected chi connectivity index (χ2v) is 9.24. The first kappa shape index (κ1) is 19.4. The molecule has 0 spiro atoms. The Hall–Kier alpha value is -1.93. The minimum atomic E-state index is -1.00. The third-order valence-electron chi connectivity index (χ3n) is 6.41. The standard InChI is InChI=1S/C20H26N2O5S/c1-2-3-9-4-5-10-13(8-9)28-19(14(10)17(21)23)22-18(24)15-11-6-7-12(27-11)16(15)20(25)26/h9,11-12,15-16H,2-8H2,1H3,(H2,21,23)(H,22,24)(H,25,26)/t9-,11-,12-,15+,16+/m1/s1. The quantitative estimate of drug-likeness (QED) is 0.671. The summed E-state index contributed by atoms with van der Waals surface area (Å²) in [5, 5.41) is 12.9. The molecule has 1 aliphatic carbocycles. The number of rotatable bonds is 6. The van der Waals surface area contributed by atoms with Crippen LogP contribution in [0.5, 0.6) is 0 Å². The highest BCUT2D eigenvalue weighted by atomic mass is 32.1. The first-order valence-corrected chi connectivity index (χ1v) is 10.9. The molecule has 1 aromatic heterocycles. The number of primary amides is 1. The van der Waals surface area contributed by atoms with Gasteiger partial charge in [-0.2, -0.15) is 0 Å². The number of nitrogens with two attached hydrogens (primary N) is 1. The summed E-state index contributed by atoms with van der Waals surface area (Å²) in [5.41, 5.74) is 7.00. The van der Waals surface area contributed by atoms with Crippen LogP contribution in [-0.4, -0.2) is 35.1 Å². The van der Waals surface area contributed by atoms with E-state index in [4.69, 9.17) is 10.5 Å². The largest absolute Gasteiger partial charge is 0.481 e. The van der Waals surface area contributed by atoms with E-state index in [-0.39, 0.29) is 12.0 Å². The summed E-state index contributed by atoms with van der Waals surface area (Å²) in [6.45, 7) is 2.17. The average Bonchev–Trinajstić information content (AvgIpc) is 3.33. The zero-order valence-corrected chi connectivity index (χ0v) is 16.7. The van der Waals surface area contributed by atoms with Crippen LogP contribution in [0.1, 0.15) is 59.8 Å². The summed E-state index contributed by atoms with van der Waals surface area (Å²) < 4.78 is 5.69. The molecule has 5 atom stereocenters. The van der Waals surface area contributed by atoms with Crippen LogP contribution >= 0.6 is 11.3 Å². The molecule has 3 heterocycles. The smallest absolute Gasteiger partial charge is 0.310 e. The lowest BCUT2D eigenvalue weighted by atomic mass is 9.78. The zero-order chi connectivity index (χ0) is 20.0. The van der Waals surface area contributed by atoms with Gasteiger partial charge in [-0.25, -0.2) is 0 Å². The molecule has 2 saturated heterocycles. The van der Waals surface area contributed by atoms with Gasteiger partial charge < -0.3 is 20.9 Å². The van der Waals surface area contributed by atoms with Gasteiger partial charge in [-0.05, 0) is 43.6 Å². The topological polar surface area (TPSA) is 119 Å². The number of aliphatic carboxylic acids is 1. The molecule has 0 aromatic carbocycles. The van der Waals surface area contributed by atoms with Crippen LogP contribution in [0.15, 0.2) is 0 Å². The van der Waals surface area contributed by atoms with Crippen molar-refractivity contribution in [1.82, 2.24) is 0 Å². The van der Waals surface area contributed by atoms with Gasteiger partial charge in [-0.3, -0.25) is 14.4 Å². The van der Waals surface area contributed by atoms with E-state index < -0.39 is 29.8 Å². The SMILES string of the molecule is CCC[C@@H]1CCc2c(sc(NC(=O)[C@@H]3[C@@H](C(=O)O)[C@H]4CC[C@H]3O4)c2C(N)=O)C1. The Morgan fingerprint density at radius 2 is 1.93 bits per heavy atom. The number of amides is 2. The normalized spacial score (nSPS) is 30.8. The molecule has 4 N–H and O–H groups in total. The number of carboxylic acid groups (broad SMARTS) is 1. The number of hydrogen-bond donors (Lipinski definition) is 3. The van der Waals surface area contributed by atoms with Crippen LogP contribution in [0, 0.1) is 17.8 Å². The molecule has 1 aromatic rings. The maximum atomic E-state index is 13.0. The summed E-state index contributed by atoms with van der Waals surface area (Å²) in [6.07, 6.45) is 5.57. The fourth-order valence-electron chi connectivity index (χ4n) is 5.18. The van der Waals surface area contributed by atoms with E-state index in [0.29, 0.717) is 29.3 Å². The molecule has 2 bridgehead atoms. The number of anilines is 1.